The van der Waals surface area contributed by atoms with Gasteiger partial charge in [0.1, 0.15) is 5.75 Å². The van der Waals surface area contributed by atoms with E-state index in [9.17, 15) is 4.79 Å². The molecule has 1 aliphatic carbocycles. The Kier molecular flexibility index (Phi) is 4.62. The summed E-state index contributed by atoms with van der Waals surface area (Å²) in [5.74, 6) is 1.40. The molecule has 126 valence electrons. The first kappa shape index (κ1) is 16.3. The largest absolute Gasteiger partial charge is 0.497 e. The molecule has 0 unspecified atom stereocenters. The Labute approximate surface area is 138 Å². The molecule has 2 aliphatic rings. The normalized spacial score (nSPS) is 23.3. The topological polar surface area (TPSA) is 38.8 Å². The molecule has 0 radical (unpaired) electrons. The van der Waals surface area contributed by atoms with Crippen molar-refractivity contribution in [3.8, 4) is 5.75 Å². The van der Waals surface area contributed by atoms with E-state index < -0.39 is 0 Å². The number of hydrogen-bond donors (Lipinski definition) is 0. The summed E-state index contributed by atoms with van der Waals surface area (Å²) in [6, 6.07) is 8.30. The van der Waals surface area contributed by atoms with E-state index in [1.807, 2.05) is 24.1 Å². The average Bonchev–Trinajstić information content (AvgIpc) is 3.27. The number of benzene rings is 1. The van der Waals surface area contributed by atoms with Gasteiger partial charge in [0, 0.05) is 32.2 Å². The molecule has 0 N–H and O–H groups in total. The molecule has 4 heteroatoms. The molecule has 1 spiro atoms. The van der Waals surface area contributed by atoms with E-state index in [0.29, 0.717) is 5.91 Å². The summed E-state index contributed by atoms with van der Waals surface area (Å²) in [5.41, 5.74) is 1.48. The highest BCUT2D eigenvalue weighted by molar-refractivity contribution is 5.82. The average molecular weight is 317 g/mol. The van der Waals surface area contributed by atoms with Gasteiger partial charge in [-0.2, -0.15) is 0 Å². The molecular formula is C19H27NO3. The van der Waals surface area contributed by atoms with Crippen molar-refractivity contribution < 1.29 is 14.3 Å². The van der Waals surface area contributed by atoms with Gasteiger partial charge in [0.2, 0.25) is 5.91 Å². The van der Waals surface area contributed by atoms with Gasteiger partial charge in [-0.1, -0.05) is 12.1 Å². The maximum absolute atomic E-state index is 12.8. The number of likely N-dealkylation sites (N-methyl/N-ethyl adjacent to an activating group) is 1. The molecule has 23 heavy (non-hydrogen) atoms. The van der Waals surface area contributed by atoms with Crippen LogP contribution in [0.1, 0.15) is 31.7 Å². The highest BCUT2D eigenvalue weighted by atomic mass is 16.5. The van der Waals surface area contributed by atoms with Crippen LogP contribution in [0.5, 0.6) is 5.75 Å². The Hall–Kier alpha value is -1.55. The van der Waals surface area contributed by atoms with Crippen molar-refractivity contribution in [2.45, 2.75) is 38.6 Å². The van der Waals surface area contributed by atoms with E-state index >= 15 is 0 Å². The van der Waals surface area contributed by atoms with E-state index in [1.165, 1.54) is 5.56 Å². The predicted molar refractivity (Wildman–Crippen MR) is 89.5 cm³/mol. The van der Waals surface area contributed by atoms with Gasteiger partial charge in [0.15, 0.2) is 0 Å². The fourth-order valence-electron chi connectivity index (χ4n) is 3.73. The summed E-state index contributed by atoms with van der Waals surface area (Å²) in [6.07, 6.45) is 4.01. The molecule has 1 amide bonds. The quantitative estimate of drug-likeness (QED) is 0.838. The third-order valence-corrected chi connectivity index (χ3v) is 5.68. The van der Waals surface area contributed by atoms with Crippen molar-refractivity contribution in [1.82, 2.24) is 4.90 Å². The minimum Gasteiger partial charge on any atom is -0.497 e. The molecule has 4 nitrogen and oxygen atoms in total. The fourth-order valence-corrected chi connectivity index (χ4v) is 3.73. The maximum atomic E-state index is 12.8. The van der Waals surface area contributed by atoms with E-state index in [0.717, 1.165) is 44.6 Å². The molecule has 1 aromatic carbocycles. The van der Waals surface area contributed by atoms with Crippen molar-refractivity contribution in [3.63, 3.8) is 0 Å². The smallest absolute Gasteiger partial charge is 0.226 e. The molecule has 1 heterocycles. The van der Waals surface area contributed by atoms with Crippen LogP contribution in [0, 0.1) is 11.3 Å². The lowest BCUT2D eigenvalue weighted by molar-refractivity contribution is -0.134. The molecule has 0 aromatic heterocycles. The lowest BCUT2D eigenvalue weighted by Crippen LogP contribution is -2.39. The van der Waals surface area contributed by atoms with Gasteiger partial charge < -0.3 is 14.4 Å². The van der Waals surface area contributed by atoms with Crippen molar-refractivity contribution >= 4 is 5.91 Å². The summed E-state index contributed by atoms with van der Waals surface area (Å²) < 4.78 is 10.6. The third-order valence-electron chi connectivity index (χ3n) is 5.68. The molecule has 1 aromatic rings. The van der Waals surface area contributed by atoms with Gasteiger partial charge in [-0.05, 0) is 55.7 Å². The van der Waals surface area contributed by atoms with Gasteiger partial charge in [0.25, 0.3) is 0 Å². The van der Waals surface area contributed by atoms with Gasteiger partial charge >= 0.3 is 0 Å². The number of carbonyl (C=O) groups excluding carboxylic acids is 1. The number of carbonyl (C=O) groups is 1. The maximum Gasteiger partial charge on any atom is 0.226 e. The monoisotopic (exact) mass is 317 g/mol. The minimum atomic E-state index is 0.202. The highest BCUT2D eigenvalue weighted by Gasteiger charge is 2.58. The first-order valence-corrected chi connectivity index (χ1v) is 8.53. The summed E-state index contributed by atoms with van der Waals surface area (Å²) in [6.45, 7) is 3.75. The van der Waals surface area contributed by atoms with Crippen LogP contribution in [-0.4, -0.2) is 44.2 Å². The predicted octanol–water partition coefficient (Wildman–Crippen LogP) is 2.90. The molecule has 1 saturated carbocycles. The molecule has 1 aliphatic heterocycles. The van der Waals surface area contributed by atoms with E-state index in [4.69, 9.17) is 9.47 Å². The zero-order valence-electron chi connectivity index (χ0n) is 14.4. The van der Waals surface area contributed by atoms with E-state index in [-0.39, 0.29) is 17.4 Å². The fraction of sp³-hybridized carbons (Fsp3) is 0.632. The number of ether oxygens (including phenoxy) is 2. The Balaban J connectivity index is 1.56. The summed E-state index contributed by atoms with van der Waals surface area (Å²) in [4.78, 5) is 14.7. The second kappa shape index (κ2) is 6.52. The van der Waals surface area contributed by atoms with Gasteiger partial charge in [-0.3, -0.25) is 4.79 Å². The molecular weight excluding hydrogens is 290 g/mol. The van der Waals surface area contributed by atoms with Crippen LogP contribution >= 0.6 is 0 Å². The molecule has 3 rings (SSSR count). The van der Waals surface area contributed by atoms with E-state index in [1.54, 1.807) is 7.11 Å². The summed E-state index contributed by atoms with van der Waals surface area (Å²) in [5, 5.41) is 0. The SMILES string of the molecule is COc1ccc(C[C@@H](C)N(C)C(=O)[C@H]2CC23CCOCC3)cc1. The number of amides is 1. The van der Waals surface area contributed by atoms with Crippen molar-refractivity contribution in [3.05, 3.63) is 29.8 Å². The number of hydrogen-bond acceptors (Lipinski definition) is 3. The Morgan fingerprint density at radius 3 is 2.61 bits per heavy atom. The molecule has 0 bridgehead atoms. The van der Waals surface area contributed by atoms with Crippen LogP contribution in [0.2, 0.25) is 0 Å². The Morgan fingerprint density at radius 2 is 2.00 bits per heavy atom. The Morgan fingerprint density at radius 1 is 1.35 bits per heavy atom. The van der Waals surface area contributed by atoms with Crippen molar-refractivity contribution in [2.75, 3.05) is 27.4 Å². The number of nitrogens with zero attached hydrogens (tertiary/aromatic N) is 1. The summed E-state index contributed by atoms with van der Waals surface area (Å²) >= 11 is 0. The second-order valence-corrected chi connectivity index (χ2v) is 7.08. The zero-order chi connectivity index (χ0) is 16.4. The third kappa shape index (κ3) is 3.37. The number of rotatable bonds is 5. The lowest BCUT2D eigenvalue weighted by Gasteiger charge is -2.28. The highest BCUT2D eigenvalue weighted by Crippen LogP contribution is 2.59. The molecule has 2 atom stereocenters. The summed E-state index contributed by atoms with van der Waals surface area (Å²) in [7, 11) is 3.62. The van der Waals surface area contributed by atoms with Crippen LogP contribution in [0.4, 0.5) is 0 Å². The molecule has 2 fully saturated rings. The lowest BCUT2D eigenvalue weighted by atomic mass is 9.93. The zero-order valence-corrected chi connectivity index (χ0v) is 14.4. The molecule has 1 saturated heterocycles. The van der Waals surface area contributed by atoms with Crippen molar-refractivity contribution in [2.24, 2.45) is 11.3 Å². The van der Waals surface area contributed by atoms with Gasteiger partial charge in [-0.15, -0.1) is 0 Å². The Bertz CT molecular complexity index is 548. The van der Waals surface area contributed by atoms with Crippen molar-refractivity contribution in [1.29, 1.82) is 0 Å². The number of methoxy groups -OCH3 is 1. The van der Waals surface area contributed by atoms with Crippen LogP contribution in [0.25, 0.3) is 0 Å². The van der Waals surface area contributed by atoms with E-state index in [2.05, 4.69) is 19.1 Å². The van der Waals surface area contributed by atoms with Crippen LogP contribution in [0.15, 0.2) is 24.3 Å². The van der Waals surface area contributed by atoms with Crippen LogP contribution < -0.4 is 4.74 Å². The standard InChI is InChI=1S/C19H27NO3/c1-14(12-15-4-6-16(22-3)7-5-15)20(2)18(21)17-13-19(17)8-10-23-11-9-19/h4-7,14,17H,8-13H2,1-3H3/t14-,17-/m1/s1. The second-order valence-electron chi connectivity index (χ2n) is 7.08. The van der Waals surface area contributed by atoms with Gasteiger partial charge in [-0.25, -0.2) is 0 Å². The van der Waals surface area contributed by atoms with Crippen LogP contribution in [0.3, 0.4) is 0 Å². The minimum absolute atomic E-state index is 0.202. The first-order valence-electron chi connectivity index (χ1n) is 8.53. The van der Waals surface area contributed by atoms with Gasteiger partial charge in [0.05, 0.1) is 7.11 Å². The van der Waals surface area contributed by atoms with Crippen LogP contribution in [-0.2, 0) is 16.0 Å². The first-order chi connectivity index (χ1) is 11.1.